The minimum absolute atomic E-state index is 0.00972. The van der Waals surface area contributed by atoms with Gasteiger partial charge >= 0.3 is 6.03 Å². The Bertz CT molecular complexity index is 1230. The molecule has 0 bridgehead atoms. The van der Waals surface area contributed by atoms with Gasteiger partial charge in [0.1, 0.15) is 0 Å². The first-order valence-corrected chi connectivity index (χ1v) is 10.7. The number of aryl methyl sites for hydroxylation is 1. The van der Waals surface area contributed by atoms with Crippen LogP contribution in [0.5, 0.6) is 0 Å². The van der Waals surface area contributed by atoms with Crippen molar-refractivity contribution in [2.45, 2.75) is 20.3 Å². The van der Waals surface area contributed by atoms with Crippen LogP contribution in [0.4, 0.5) is 16.2 Å². The Morgan fingerprint density at radius 1 is 1.06 bits per heavy atom. The summed E-state index contributed by atoms with van der Waals surface area (Å²) in [6.07, 6.45) is 3.43. The van der Waals surface area contributed by atoms with Gasteiger partial charge in [0, 0.05) is 41.9 Å². The highest BCUT2D eigenvalue weighted by Gasteiger charge is 2.28. The lowest BCUT2D eigenvalue weighted by Gasteiger charge is -2.12. The number of carbonyl (C=O) groups excluding carboxylic acids is 4. The molecule has 1 aliphatic heterocycles. The number of pyridine rings is 1. The zero-order chi connectivity index (χ0) is 24.2. The van der Waals surface area contributed by atoms with Crippen LogP contribution in [0, 0.1) is 13.8 Å². The van der Waals surface area contributed by atoms with E-state index in [2.05, 4.69) is 20.9 Å². The third-order valence-corrected chi connectivity index (χ3v) is 5.51. The van der Waals surface area contributed by atoms with Gasteiger partial charge in [0.15, 0.2) is 0 Å². The zero-order valence-electron chi connectivity index (χ0n) is 18.8. The second kappa shape index (κ2) is 9.57. The van der Waals surface area contributed by atoms with E-state index in [0.29, 0.717) is 16.9 Å². The fraction of sp³-hybridized carbons (Fsp3) is 0.208. The first kappa shape index (κ1) is 22.7. The number of nitrogens with one attached hydrogen (secondary N) is 3. The van der Waals surface area contributed by atoms with E-state index >= 15 is 0 Å². The van der Waals surface area contributed by atoms with Crippen molar-refractivity contribution in [3.05, 3.63) is 71.8 Å². The van der Waals surface area contributed by atoms with Gasteiger partial charge in [-0.1, -0.05) is 0 Å². The fourth-order valence-corrected chi connectivity index (χ4v) is 3.83. The molecule has 1 aromatic carbocycles. The maximum absolute atomic E-state index is 12.9. The Labute approximate surface area is 196 Å². The monoisotopic (exact) mass is 460 g/mol. The number of amides is 5. The topological polar surface area (TPSA) is 125 Å². The normalized spacial score (nSPS) is 13.1. The van der Waals surface area contributed by atoms with Crippen LogP contribution in [0.1, 0.15) is 28.2 Å². The molecular weight excluding hydrogens is 436 g/mol. The van der Waals surface area contributed by atoms with Gasteiger partial charge in [-0.25, -0.2) is 4.79 Å². The molecule has 0 unspecified atom stereocenters. The molecule has 3 N–H and O–H groups in total. The smallest absolute Gasteiger partial charge is 0.324 e. The summed E-state index contributed by atoms with van der Waals surface area (Å²) in [5.41, 5.74) is 4.27. The lowest BCUT2D eigenvalue weighted by atomic mass is 10.2. The third-order valence-electron chi connectivity index (χ3n) is 5.51. The van der Waals surface area contributed by atoms with Gasteiger partial charge in [-0.05, 0) is 56.3 Å². The van der Waals surface area contributed by atoms with Crippen LogP contribution in [0.2, 0.25) is 0 Å². The van der Waals surface area contributed by atoms with Gasteiger partial charge in [0.05, 0.1) is 24.0 Å². The van der Waals surface area contributed by atoms with Crippen molar-refractivity contribution < 1.29 is 19.2 Å². The second-order valence-electron chi connectivity index (χ2n) is 7.87. The maximum Gasteiger partial charge on any atom is 0.324 e. The summed E-state index contributed by atoms with van der Waals surface area (Å²) in [4.78, 5) is 53.3. The largest absolute Gasteiger partial charge is 0.329 e. The average Bonchev–Trinajstić information content (AvgIpc) is 3.31. The van der Waals surface area contributed by atoms with Crippen molar-refractivity contribution in [1.29, 1.82) is 0 Å². The molecule has 2 aromatic heterocycles. The van der Waals surface area contributed by atoms with Crippen molar-refractivity contribution in [2.24, 2.45) is 0 Å². The highest BCUT2D eigenvalue weighted by molar-refractivity contribution is 6.05. The van der Waals surface area contributed by atoms with E-state index in [9.17, 15) is 19.2 Å². The number of aromatic nitrogens is 2. The van der Waals surface area contributed by atoms with Crippen LogP contribution >= 0.6 is 0 Å². The minimum Gasteiger partial charge on any atom is -0.329 e. The van der Waals surface area contributed by atoms with Crippen molar-refractivity contribution in [1.82, 2.24) is 19.8 Å². The molecular formula is C24H24N6O4. The van der Waals surface area contributed by atoms with Crippen molar-refractivity contribution in [3.8, 4) is 5.69 Å². The molecule has 3 aromatic rings. The van der Waals surface area contributed by atoms with Crippen molar-refractivity contribution in [3.63, 3.8) is 0 Å². The molecule has 174 valence electrons. The Morgan fingerprint density at radius 2 is 1.76 bits per heavy atom. The van der Waals surface area contributed by atoms with Crippen molar-refractivity contribution >= 4 is 35.1 Å². The van der Waals surface area contributed by atoms with Crippen LogP contribution in [-0.4, -0.2) is 51.3 Å². The second-order valence-corrected chi connectivity index (χ2v) is 7.87. The van der Waals surface area contributed by atoms with Crippen LogP contribution < -0.4 is 16.0 Å². The number of anilines is 2. The summed E-state index contributed by atoms with van der Waals surface area (Å²) in [6, 6.07) is 11.8. The number of benzene rings is 1. The summed E-state index contributed by atoms with van der Waals surface area (Å²) in [6.45, 7) is 3.79. The summed E-state index contributed by atoms with van der Waals surface area (Å²) < 4.78 is 1.97. The van der Waals surface area contributed by atoms with E-state index in [1.165, 1.54) is 0 Å². The molecule has 4 rings (SSSR count). The fourth-order valence-electron chi connectivity index (χ4n) is 3.83. The van der Waals surface area contributed by atoms with Crippen LogP contribution in [0.25, 0.3) is 5.69 Å². The van der Waals surface area contributed by atoms with Crippen LogP contribution in [0.3, 0.4) is 0 Å². The molecule has 10 heteroatoms. The number of carbonyl (C=O) groups is 4. The molecule has 1 aliphatic rings. The van der Waals surface area contributed by atoms with E-state index in [-0.39, 0.29) is 37.2 Å². The van der Waals surface area contributed by atoms with E-state index < -0.39 is 6.03 Å². The third kappa shape index (κ3) is 4.80. The van der Waals surface area contributed by atoms with Crippen LogP contribution in [0.15, 0.2) is 54.9 Å². The lowest BCUT2D eigenvalue weighted by Crippen LogP contribution is -2.33. The first-order valence-electron chi connectivity index (χ1n) is 10.7. The van der Waals surface area contributed by atoms with E-state index in [1.807, 2.05) is 36.6 Å². The van der Waals surface area contributed by atoms with Gasteiger partial charge in [0.2, 0.25) is 11.8 Å². The van der Waals surface area contributed by atoms with E-state index in [1.54, 1.807) is 36.7 Å². The average molecular weight is 460 g/mol. The number of urea groups is 1. The van der Waals surface area contributed by atoms with E-state index in [0.717, 1.165) is 22.0 Å². The van der Waals surface area contributed by atoms with Crippen LogP contribution in [-0.2, 0) is 9.59 Å². The molecule has 34 heavy (non-hydrogen) atoms. The molecule has 3 heterocycles. The predicted molar refractivity (Wildman–Crippen MR) is 126 cm³/mol. The molecule has 0 aliphatic carbocycles. The number of imide groups is 1. The first-order chi connectivity index (χ1) is 16.3. The van der Waals surface area contributed by atoms with Gasteiger partial charge in [-0.3, -0.25) is 24.3 Å². The summed E-state index contributed by atoms with van der Waals surface area (Å²) >= 11 is 0. The molecule has 1 saturated heterocycles. The number of hydrogen-bond acceptors (Lipinski definition) is 5. The summed E-state index contributed by atoms with van der Waals surface area (Å²) in [5.74, 6) is -0.917. The predicted octanol–water partition coefficient (Wildman–Crippen LogP) is 2.62. The maximum atomic E-state index is 12.9. The van der Waals surface area contributed by atoms with E-state index in [4.69, 9.17) is 0 Å². The highest BCUT2D eigenvalue weighted by atomic mass is 16.2. The van der Waals surface area contributed by atoms with Gasteiger partial charge < -0.3 is 20.5 Å². The molecule has 0 radical (unpaired) electrons. The zero-order valence-corrected chi connectivity index (χ0v) is 18.8. The molecule has 0 spiro atoms. The SMILES string of the molecule is Cc1cc(C(=O)Nc2ccc(NC(=O)CCN3C(=O)CNC3=O)cc2)c(C)n1-c1cccnc1. The minimum atomic E-state index is -0.487. The summed E-state index contributed by atoms with van der Waals surface area (Å²) in [5, 5.41) is 8.00. The van der Waals surface area contributed by atoms with Gasteiger partial charge in [-0.15, -0.1) is 0 Å². The molecule has 5 amide bonds. The number of rotatable bonds is 7. The molecule has 10 nitrogen and oxygen atoms in total. The number of hydrogen-bond donors (Lipinski definition) is 3. The number of nitrogens with zero attached hydrogens (tertiary/aromatic N) is 3. The van der Waals surface area contributed by atoms with Gasteiger partial charge in [0.25, 0.3) is 5.91 Å². The van der Waals surface area contributed by atoms with Crippen molar-refractivity contribution in [2.75, 3.05) is 23.7 Å². The molecule has 0 atom stereocenters. The quantitative estimate of drug-likeness (QED) is 0.468. The Balaban J connectivity index is 1.36. The summed E-state index contributed by atoms with van der Waals surface area (Å²) in [7, 11) is 0. The Hall–Kier alpha value is -4.47. The molecule has 1 fully saturated rings. The standard InChI is InChI=1S/C24H24N6O4/c1-15-12-20(16(2)30(15)19-4-3-10-25-13-19)23(33)28-18-7-5-17(6-8-18)27-21(31)9-11-29-22(32)14-26-24(29)34/h3-8,10,12-13H,9,11,14H2,1-2H3,(H,26,34)(H,27,31)(H,28,33). The lowest BCUT2D eigenvalue weighted by molar-refractivity contribution is -0.125. The molecule has 0 saturated carbocycles. The Morgan fingerprint density at radius 3 is 2.38 bits per heavy atom. The Kier molecular flexibility index (Phi) is 6.39. The van der Waals surface area contributed by atoms with Gasteiger partial charge in [-0.2, -0.15) is 0 Å². The highest BCUT2D eigenvalue weighted by Crippen LogP contribution is 2.22.